The molecule has 1 aromatic carbocycles. The summed E-state index contributed by atoms with van der Waals surface area (Å²) in [5, 5.41) is 0. The molecule has 4 heteroatoms. The molecule has 0 bridgehead atoms. The van der Waals surface area contributed by atoms with Crippen molar-refractivity contribution in [2.24, 2.45) is 5.41 Å². The van der Waals surface area contributed by atoms with Gasteiger partial charge in [-0.1, -0.05) is 18.2 Å². The van der Waals surface area contributed by atoms with E-state index < -0.39 is 0 Å². The van der Waals surface area contributed by atoms with Crippen LogP contribution in [0.5, 0.6) is 0 Å². The average Bonchev–Trinajstić information content (AvgIpc) is 2.48. The van der Waals surface area contributed by atoms with Gasteiger partial charge in [-0.3, -0.25) is 4.90 Å². The number of rotatable bonds is 5. The molecule has 2 rings (SSSR count). The fourth-order valence-electron chi connectivity index (χ4n) is 2.78. The molecule has 3 nitrogen and oxygen atoms in total. The SMILES string of the molecule is CC(c1ccccc1F)N(C)CC1(C=O)CCOCC1. The van der Waals surface area contributed by atoms with Crippen molar-refractivity contribution in [2.45, 2.75) is 25.8 Å². The second-order valence-electron chi connectivity index (χ2n) is 5.71. The van der Waals surface area contributed by atoms with Gasteiger partial charge in [0.15, 0.2) is 0 Å². The summed E-state index contributed by atoms with van der Waals surface area (Å²) < 4.78 is 19.2. The lowest BCUT2D eigenvalue weighted by molar-refractivity contribution is -0.123. The standard InChI is InChI=1S/C16H22FNO2/c1-13(14-5-3-4-6-15(14)17)18(2)11-16(12-19)7-9-20-10-8-16/h3-6,12-13H,7-11H2,1-2H3. The molecule has 0 aliphatic carbocycles. The fourth-order valence-corrected chi connectivity index (χ4v) is 2.78. The number of hydrogen-bond acceptors (Lipinski definition) is 3. The summed E-state index contributed by atoms with van der Waals surface area (Å²) in [6, 6.07) is 6.75. The van der Waals surface area contributed by atoms with Gasteiger partial charge in [0, 0.05) is 36.8 Å². The Kier molecular flexibility index (Phi) is 4.89. The summed E-state index contributed by atoms with van der Waals surface area (Å²) in [5.41, 5.74) is 0.315. The van der Waals surface area contributed by atoms with Crippen LogP contribution in [-0.4, -0.2) is 38.0 Å². The summed E-state index contributed by atoms with van der Waals surface area (Å²) >= 11 is 0. The number of ether oxygens (including phenoxy) is 1. The highest BCUT2D eigenvalue weighted by molar-refractivity contribution is 5.60. The zero-order chi connectivity index (χ0) is 14.6. The van der Waals surface area contributed by atoms with Crippen molar-refractivity contribution in [3.63, 3.8) is 0 Å². The van der Waals surface area contributed by atoms with Crippen LogP contribution >= 0.6 is 0 Å². The van der Waals surface area contributed by atoms with Gasteiger partial charge in [0.2, 0.25) is 0 Å². The van der Waals surface area contributed by atoms with Gasteiger partial charge in [-0.2, -0.15) is 0 Å². The van der Waals surface area contributed by atoms with Gasteiger partial charge in [0.05, 0.1) is 0 Å². The topological polar surface area (TPSA) is 29.5 Å². The molecular weight excluding hydrogens is 257 g/mol. The molecule has 0 saturated carbocycles. The second-order valence-corrected chi connectivity index (χ2v) is 5.71. The van der Waals surface area contributed by atoms with Crippen molar-refractivity contribution in [3.8, 4) is 0 Å². The second kappa shape index (κ2) is 6.46. The third kappa shape index (κ3) is 3.25. The van der Waals surface area contributed by atoms with Crippen LogP contribution in [0.4, 0.5) is 4.39 Å². The van der Waals surface area contributed by atoms with Crippen molar-refractivity contribution in [2.75, 3.05) is 26.8 Å². The van der Waals surface area contributed by atoms with Gasteiger partial charge in [-0.15, -0.1) is 0 Å². The minimum Gasteiger partial charge on any atom is -0.381 e. The predicted molar refractivity (Wildman–Crippen MR) is 76.0 cm³/mol. The molecule has 0 aromatic heterocycles. The molecule has 0 spiro atoms. The van der Waals surface area contributed by atoms with Crippen LogP contribution in [0.15, 0.2) is 24.3 Å². The Morgan fingerprint density at radius 2 is 2.05 bits per heavy atom. The number of aldehydes is 1. The first-order valence-corrected chi connectivity index (χ1v) is 7.07. The van der Waals surface area contributed by atoms with Crippen LogP contribution in [0.1, 0.15) is 31.4 Å². The number of benzene rings is 1. The number of halogens is 1. The van der Waals surface area contributed by atoms with Crippen LogP contribution in [-0.2, 0) is 9.53 Å². The summed E-state index contributed by atoms with van der Waals surface area (Å²) in [4.78, 5) is 13.5. The summed E-state index contributed by atoms with van der Waals surface area (Å²) in [6.07, 6.45) is 2.54. The molecule has 1 unspecified atom stereocenters. The Labute approximate surface area is 119 Å². The first-order chi connectivity index (χ1) is 9.58. The Balaban J connectivity index is 2.09. The van der Waals surface area contributed by atoms with Gasteiger partial charge in [0.1, 0.15) is 12.1 Å². The molecule has 0 N–H and O–H groups in total. The predicted octanol–water partition coefficient (Wildman–Crippen LogP) is 2.81. The van der Waals surface area contributed by atoms with Crippen LogP contribution < -0.4 is 0 Å². The number of nitrogens with zero attached hydrogens (tertiary/aromatic N) is 1. The maximum absolute atomic E-state index is 13.8. The van der Waals surface area contributed by atoms with Crippen molar-refractivity contribution in [1.29, 1.82) is 0 Å². The monoisotopic (exact) mass is 279 g/mol. The Morgan fingerprint density at radius 3 is 2.65 bits per heavy atom. The summed E-state index contributed by atoms with van der Waals surface area (Å²) in [7, 11) is 1.94. The van der Waals surface area contributed by atoms with Gasteiger partial charge < -0.3 is 9.53 Å². The third-order valence-electron chi connectivity index (χ3n) is 4.32. The average molecular weight is 279 g/mol. The number of hydrogen-bond donors (Lipinski definition) is 0. The van der Waals surface area contributed by atoms with E-state index in [9.17, 15) is 9.18 Å². The Hall–Kier alpha value is -1.26. The largest absolute Gasteiger partial charge is 0.381 e. The highest BCUT2D eigenvalue weighted by Gasteiger charge is 2.34. The molecule has 1 aromatic rings. The number of carbonyl (C=O) groups excluding carboxylic acids is 1. The van der Waals surface area contributed by atoms with Crippen molar-refractivity contribution < 1.29 is 13.9 Å². The molecule has 1 fully saturated rings. The lowest BCUT2D eigenvalue weighted by Gasteiger charge is -2.37. The molecule has 0 amide bonds. The zero-order valence-electron chi connectivity index (χ0n) is 12.1. The highest BCUT2D eigenvalue weighted by Crippen LogP contribution is 2.32. The van der Waals surface area contributed by atoms with Crippen LogP contribution in [0.25, 0.3) is 0 Å². The molecule has 1 aliphatic heterocycles. The highest BCUT2D eigenvalue weighted by atomic mass is 19.1. The van der Waals surface area contributed by atoms with Crippen LogP contribution in [0.2, 0.25) is 0 Å². The minimum atomic E-state index is -0.355. The normalized spacial score (nSPS) is 19.8. The maximum Gasteiger partial charge on any atom is 0.127 e. The van der Waals surface area contributed by atoms with Gasteiger partial charge in [-0.05, 0) is 32.9 Å². The van der Waals surface area contributed by atoms with Gasteiger partial charge in [0.25, 0.3) is 0 Å². The molecule has 110 valence electrons. The number of carbonyl (C=O) groups is 1. The van der Waals surface area contributed by atoms with Crippen molar-refractivity contribution in [3.05, 3.63) is 35.6 Å². The summed E-state index contributed by atoms with van der Waals surface area (Å²) in [5.74, 6) is -0.195. The smallest absolute Gasteiger partial charge is 0.127 e. The molecule has 1 saturated heterocycles. The van der Waals surface area contributed by atoms with E-state index in [0.717, 1.165) is 19.1 Å². The third-order valence-corrected chi connectivity index (χ3v) is 4.32. The fraction of sp³-hybridized carbons (Fsp3) is 0.562. The van der Waals surface area contributed by atoms with Crippen LogP contribution in [0.3, 0.4) is 0 Å². The van der Waals surface area contributed by atoms with E-state index in [4.69, 9.17) is 4.74 Å². The zero-order valence-corrected chi connectivity index (χ0v) is 12.1. The van der Waals surface area contributed by atoms with E-state index >= 15 is 0 Å². The first kappa shape index (κ1) is 15.1. The minimum absolute atomic E-state index is 0.0594. The molecule has 0 radical (unpaired) electrons. The van der Waals surface area contributed by atoms with E-state index in [1.54, 1.807) is 12.1 Å². The van der Waals surface area contributed by atoms with Crippen molar-refractivity contribution >= 4 is 6.29 Å². The maximum atomic E-state index is 13.8. The van der Waals surface area contributed by atoms with Crippen molar-refractivity contribution in [1.82, 2.24) is 4.90 Å². The molecule has 1 aliphatic rings. The van der Waals surface area contributed by atoms with Crippen LogP contribution in [0, 0.1) is 11.2 Å². The van der Waals surface area contributed by atoms with Gasteiger partial charge >= 0.3 is 0 Å². The lowest BCUT2D eigenvalue weighted by atomic mass is 9.81. The quantitative estimate of drug-likeness (QED) is 0.776. The first-order valence-electron chi connectivity index (χ1n) is 7.07. The van der Waals surface area contributed by atoms with E-state index in [1.807, 2.05) is 20.0 Å². The molecule has 1 atom stereocenters. The molecule has 20 heavy (non-hydrogen) atoms. The molecule has 1 heterocycles. The van der Waals surface area contributed by atoms with E-state index in [-0.39, 0.29) is 17.3 Å². The Morgan fingerprint density at radius 1 is 1.40 bits per heavy atom. The van der Waals surface area contributed by atoms with E-state index in [1.165, 1.54) is 6.07 Å². The summed E-state index contributed by atoms with van der Waals surface area (Å²) in [6.45, 7) is 3.85. The lowest BCUT2D eigenvalue weighted by Crippen LogP contribution is -2.42. The Bertz CT molecular complexity index is 458. The van der Waals surface area contributed by atoms with E-state index in [0.29, 0.717) is 25.3 Å². The molecular formula is C16H22FNO2. The van der Waals surface area contributed by atoms with E-state index in [2.05, 4.69) is 4.90 Å². The van der Waals surface area contributed by atoms with Gasteiger partial charge in [-0.25, -0.2) is 4.39 Å².